The molecule has 5 nitrogen and oxygen atoms in total. The number of amides is 1. The monoisotopic (exact) mass is 323 g/mol. The van der Waals surface area contributed by atoms with Crippen LogP contribution in [-0.4, -0.2) is 21.9 Å². The van der Waals surface area contributed by atoms with E-state index in [4.69, 9.17) is 4.74 Å². The average molecular weight is 323 g/mol. The fraction of sp³-hybridized carbons (Fsp3) is 0.263. The summed E-state index contributed by atoms with van der Waals surface area (Å²) >= 11 is 0. The number of aryl methyl sites for hydroxylation is 1. The van der Waals surface area contributed by atoms with Gasteiger partial charge >= 0.3 is 0 Å². The number of benzene rings is 1. The van der Waals surface area contributed by atoms with Crippen LogP contribution in [0.15, 0.2) is 48.7 Å². The van der Waals surface area contributed by atoms with E-state index in [1.807, 2.05) is 69.4 Å². The van der Waals surface area contributed by atoms with Gasteiger partial charge in [-0.1, -0.05) is 30.3 Å². The zero-order valence-electron chi connectivity index (χ0n) is 14.1. The normalized spacial score (nSPS) is 12.1. The first kappa shape index (κ1) is 16.1. The van der Waals surface area contributed by atoms with Gasteiger partial charge in [0.05, 0.1) is 18.3 Å². The highest BCUT2D eigenvalue weighted by atomic mass is 16.5. The topological polar surface area (TPSA) is 55.6 Å². The van der Waals surface area contributed by atoms with Crippen molar-refractivity contribution in [1.29, 1.82) is 0 Å². The third-order valence-corrected chi connectivity index (χ3v) is 3.95. The third-order valence-electron chi connectivity index (χ3n) is 3.95. The van der Waals surface area contributed by atoms with Gasteiger partial charge in [0.25, 0.3) is 5.91 Å². The Morgan fingerprint density at radius 2 is 2.00 bits per heavy atom. The van der Waals surface area contributed by atoms with Crippen molar-refractivity contribution in [2.75, 3.05) is 6.61 Å². The summed E-state index contributed by atoms with van der Waals surface area (Å²) in [4.78, 5) is 17.3. The lowest BCUT2D eigenvalue weighted by Gasteiger charge is -2.14. The second-order valence-corrected chi connectivity index (χ2v) is 5.65. The standard InChI is InChI=1S/C19H21N3O2/c1-4-24-16-11-8-12-22-17(14(3)20-18(16)22)19(23)21-13(2)15-9-6-5-7-10-15/h5-13H,4H2,1-3H3,(H,21,23). The van der Waals surface area contributed by atoms with Gasteiger partial charge in [0.15, 0.2) is 11.4 Å². The molecule has 0 saturated carbocycles. The summed E-state index contributed by atoms with van der Waals surface area (Å²) in [5, 5.41) is 3.04. The highest BCUT2D eigenvalue weighted by Crippen LogP contribution is 2.22. The first-order chi connectivity index (χ1) is 11.6. The largest absolute Gasteiger partial charge is 0.490 e. The minimum absolute atomic E-state index is 0.0845. The molecule has 24 heavy (non-hydrogen) atoms. The molecule has 5 heteroatoms. The van der Waals surface area contributed by atoms with Gasteiger partial charge < -0.3 is 10.1 Å². The molecule has 0 bridgehead atoms. The Labute approximate surface area is 141 Å². The lowest BCUT2D eigenvalue weighted by Crippen LogP contribution is -2.28. The van der Waals surface area contributed by atoms with Gasteiger partial charge in [-0.15, -0.1) is 0 Å². The molecule has 0 aliphatic rings. The minimum atomic E-state index is -0.148. The maximum absolute atomic E-state index is 12.8. The molecule has 2 heterocycles. The average Bonchev–Trinajstić information content (AvgIpc) is 2.93. The Morgan fingerprint density at radius 1 is 1.25 bits per heavy atom. The molecule has 2 aromatic heterocycles. The third kappa shape index (κ3) is 2.97. The Balaban J connectivity index is 1.93. The van der Waals surface area contributed by atoms with Gasteiger partial charge in [-0.05, 0) is 38.5 Å². The molecule has 0 aliphatic carbocycles. The van der Waals surface area contributed by atoms with E-state index in [-0.39, 0.29) is 11.9 Å². The maximum Gasteiger partial charge on any atom is 0.270 e. The first-order valence-corrected chi connectivity index (χ1v) is 8.08. The van der Waals surface area contributed by atoms with E-state index in [9.17, 15) is 4.79 Å². The number of rotatable bonds is 5. The van der Waals surface area contributed by atoms with Crippen LogP contribution in [-0.2, 0) is 0 Å². The summed E-state index contributed by atoms with van der Waals surface area (Å²) in [6, 6.07) is 13.5. The van der Waals surface area contributed by atoms with Crippen molar-refractivity contribution >= 4 is 11.6 Å². The van der Waals surface area contributed by atoms with E-state index in [1.165, 1.54) is 0 Å². The van der Waals surface area contributed by atoms with Gasteiger partial charge in [0.2, 0.25) is 0 Å². The summed E-state index contributed by atoms with van der Waals surface area (Å²) < 4.78 is 7.39. The molecule has 1 atom stereocenters. The molecule has 0 radical (unpaired) electrons. The number of hydrogen-bond acceptors (Lipinski definition) is 3. The van der Waals surface area contributed by atoms with Crippen LogP contribution in [0.1, 0.15) is 41.6 Å². The predicted octanol–water partition coefficient (Wildman–Crippen LogP) is 3.53. The highest BCUT2D eigenvalue weighted by molar-refractivity contribution is 5.95. The van der Waals surface area contributed by atoms with Crippen LogP contribution in [0.25, 0.3) is 5.65 Å². The van der Waals surface area contributed by atoms with Crippen LogP contribution in [0.2, 0.25) is 0 Å². The number of carbonyl (C=O) groups excluding carboxylic acids is 1. The minimum Gasteiger partial charge on any atom is -0.490 e. The number of imidazole rings is 1. The van der Waals surface area contributed by atoms with Crippen LogP contribution in [0.5, 0.6) is 5.75 Å². The summed E-state index contributed by atoms with van der Waals surface area (Å²) in [6.07, 6.45) is 1.83. The lowest BCUT2D eigenvalue weighted by molar-refractivity contribution is 0.0933. The van der Waals surface area contributed by atoms with Gasteiger partial charge in [-0.3, -0.25) is 9.20 Å². The number of carbonyl (C=O) groups is 1. The Bertz CT molecular complexity index is 856. The smallest absolute Gasteiger partial charge is 0.270 e. The molecule has 3 rings (SSSR count). The number of fused-ring (bicyclic) bond motifs is 1. The number of nitrogens with one attached hydrogen (secondary N) is 1. The van der Waals surface area contributed by atoms with Crippen molar-refractivity contribution in [1.82, 2.24) is 14.7 Å². The van der Waals surface area contributed by atoms with Gasteiger partial charge in [-0.25, -0.2) is 4.98 Å². The molecule has 1 unspecified atom stereocenters. The van der Waals surface area contributed by atoms with Crippen LogP contribution >= 0.6 is 0 Å². The first-order valence-electron chi connectivity index (χ1n) is 8.08. The molecule has 1 N–H and O–H groups in total. The van der Waals surface area contributed by atoms with Crippen LogP contribution in [0.4, 0.5) is 0 Å². The van der Waals surface area contributed by atoms with Crippen molar-refractivity contribution in [2.45, 2.75) is 26.8 Å². The molecule has 3 aromatic rings. The Hall–Kier alpha value is -2.82. The molecule has 0 fully saturated rings. The summed E-state index contributed by atoms with van der Waals surface area (Å²) in [5.74, 6) is 0.531. The lowest BCUT2D eigenvalue weighted by atomic mass is 10.1. The number of hydrogen-bond donors (Lipinski definition) is 1. The van der Waals surface area contributed by atoms with Gasteiger partial charge in [0, 0.05) is 6.20 Å². The van der Waals surface area contributed by atoms with E-state index in [0.29, 0.717) is 29.4 Å². The molecular weight excluding hydrogens is 302 g/mol. The molecule has 0 aliphatic heterocycles. The molecule has 124 valence electrons. The summed E-state index contributed by atoms with van der Waals surface area (Å²) in [5.41, 5.74) is 2.94. The Kier molecular flexibility index (Phi) is 4.51. The van der Waals surface area contributed by atoms with Crippen LogP contribution < -0.4 is 10.1 Å². The quantitative estimate of drug-likeness (QED) is 0.781. The van der Waals surface area contributed by atoms with Gasteiger partial charge in [-0.2, -0.15) is 0 Å². The zero-order chi connectivity index (χ0) is 17.1. The summed E-state index contributed by atoms with van der Waals surface area (Å²) in [7, 11) is 0. The van der Waals surface area contributed by atoms with E-state index in [2.05, 4.69) is 10.3 Å². The fourth-order valence-electron chi connectivity index (χ4n) is 2.79. The second kappa shape index (κ2) is 6.74. The van der Waals surface area contributed by atoms with E-state index in [1.54, 1.807) is 4.40 Å². The molecule has 0 saturated heterocycles. The fourth-order valence-corrected chi connectivity index (χ4v) is 2.79. The number of nitrogens with zero attached hydrogens (tertiary/aromatic N) is 2. The van der Waals surface area contributed by atoms with Crippen molar-refractivity contribution < 1.29 is 9.53 Å². The maximum atomic E-state index is 12.8. The van der Waals surface area contributed by atoms with Crippen molar-refractivity contribution in [3.63, 3.8) is 0 Å². The number of pyridine rings is 1. The van der Waals surface area contributed by atoms with Crippen LogP contribution in [0.3, 0.4) is 0 Å². The van der Waals surface area contributed by atoms with Crippen molar-refractivity contribution in [3.8, 4) is 5.75 Å². The predicted molar refractivity (Wildman–Crippen MR) is 93.4 cm³/mol. The van der Waals surface area contributed by atoms with Crippen LogP contribution in [0, 0.1) is 6.92 Å². The van der Waals surface area contributed by atoms with Crippen molar-refractivity contribution in [2.24, 2.45) is 0 Å². The molecule has 1 amide bonds. The highest BCUT2D eigenvalue weighted by Gasteiger charge is 2.20. The zero-order valence-corrected chi connectivity index (χ0v) is 14.1. The second-order valence-electron chi connectivity index (χ2n) is 5.65. The van der Waals surface area contributed by atoms with Crippen molar-refractivity contribution in [3.05, 3.63) is 65.6 Å². The number of ether oxygens (including phenoxy) is 1. The molecular formula is C19H21N3O2. The van der Waals surface area contributed by atoms with E-state index >= 15 is 0 Å². The Morgan fingerprint density at radius 3 is 2.71 bits per heavy atom. The van der Waals surface area contributed by atoms with E-state index < -0.39 is 0 Å². The SMILES string of the molecule is CCOc1cccn2c(C(=O)NC(C)c3ccccc3)c(C)nc12. The molecule has 0 spiro atoms. The van der Waals surface area contributed by atoms with Gasteiger partial charge in [0.1, 0.15) is 5.69 Å². The molecule has 1 aromatic carbocycles. The van der Waals surface area contributed by atoms with E-state index in [0.717, 1.165) is 5.56 Å². The number of aromatic nitrogens is 2. The summed E-state index contributed by atoms with van der Waals surface area (Å²) in [6.45, 7) is 6.29.